The molecule has 3 aromatic rings. The Balaban J connectivity index is 2.26. The van der Waals surface area contributed by atoms with Crippen LogP contribution in [0.15, 0.2) is 53.6 Å². The zero-order chi connectivity index (χ0) is 17.3. The predicted molar refractivity (Wildman–Crippen MR) is 95.3 cm³/mol. The monoisotopic (exact) mass is 364 g/mol. The second-order valence-corrected chi connectivity index (χ2v) is 7.59. The van der Waals surface area contributed by atoms with Gasteiger partial charge in [0.1, 0.15) is 5.75 Å². The molecule has 3 rings (SSSR count). The summed E-state index contributed by atoms with van der Waals surface area (Å²) in [4.78, 5) is 0.141. The normalized spacial score (nSPS) is 11.8. The van der Waals surface area contributed by atoms with Crippen molar-refractivity contribution in [2.75, 3.05) is 13.7 Å². The average molecular weight is 365 g/mol. The lowest BCUT2D eigenvalue weighted by Gasteiger charge is -2.08. The molecule has 5 nitrogen and oxygen atoms in total. The molecule has 0 radical (unpaired) electrons. The lowest BCUT2D eigenvalue weighted by molar-refractivity contribution is 0.415. The first-order valence-electron chi connectivity index (χ1n) is 7.36. The van der Waals surface area contributed by atoms with Crippen LogP contribution in [-0.2, 0) is 16.4 Å². The summed E-state index contributed by atoms with van der Waals surface area (Å²) in [5, 5.41) is 1.18. The van der Waals surface area contributed by atoms with E-state index in [0.29, 0.717) is 29.3 Å². The Hall–Kier alpha value is -2.02. The Labute approximate surface area is 145 Å². The van der Waals surface area contributed by atoms with Crippen LogP contribution in [0, 0.1) is 0 Å². The zero-order valence-electron chi connectivity index (χ0n) is 13.1. The molecular formula is C17H17ClN2O3S. The van der Waals surface area contributed by atoms with E-state index in [1.165, 1.54) is 16.1 Å². The summed E-state index contributed by atoms with van der Waals surface area (Å²) in [5.41, 5.74) is 7.10. The van der Waals surface area contributed by atoms with E-state index in [0.717, 1.165) is 10.9 Å². The summed E-state index contributed by atoms with van der Waals surface area (Å²) >= 11 is 5.94. The molecule has 0 aliphatic heterocycles. The minimum Gasteiger partial charge on any atom is -0.497 e. The van der Waals surface area contributed by atoms with Gasteiger partial charge in [0.2, 0.25) is 0 Å². The Morgan fingerprint density at radius 3 is 2.67 bits per heavy atom. The lowest BCUT2D eigenvalue weighted by Crippen LogP contribution is -2.12. The largest absolute Gasteiger partial charge is 0.497 e. The SMILES string of the molecule is COc1ccc2c(c1)c(CCN)cn2S(=O)(=O)c1cccc(Cl)c1. The molecule has 0 fully saturated rings. The third-order valence-corrected chi connectivity index (χ3v) is 5.73. The summed E-state index contributed by atoms with van der Waals surface area (Å²) in [5.74, 6) is 0.665. The second kappa shape index (κ2) is 6.47. The van der Waals surface area contributed by atoms with Crippen LogP contribution in [0.4, 0.5) is 0 Å². The molecule has 1 heterocycles. The molecule has 0 bridgehead atoms. The number of rotatable bonds is 5. The smallest absolute Gasteiger partial charge is 0.268 e. The maximum atomic E-state index is 13.0. The van der Waals surface area contributed by atoms with Gasteiger partial charge < -0.3 is 10.5 Å². The molecule has 0 aliphatic carbocycles. The van der Waals surface area contributed by atoms with Crippen LogP contribution in [0.25, 0.3) is 10.9 Å². The highest BCUT2D eigenvalue weighted by Crippen LogP contribution is 2.30. The number of benzene rings is 2. The van der Waals surface area contributed by atoms with Crippen LogP contribution in [0.2, 0.25) is 5.02 Å². The van der Waals surface area contributed by atoms with Crippen molar-refractivity contribution in [3.05, 3.63) is 59.2 Å². The van der Waals surface area contributed by atoms with Gasteiger partial charge in [-0.05, 0) is 54.9 Å². The van der Waals surface area contributed by atoms with Crippen molar-refractivity contribution in [2.24, 2.45) is 5.73 Å². The Morgan fingerprint density at radius 1 is 1.21 bits per heavy atom. The first-order chi connectivity index (χ1) is 11.5. The number of nitrogens with zero attached hydrogens (tertiary/aromatic N) is 1. The molecule has 0 aliphatic rings. The van der Waals surface area contributed by atoms with Crippen molar-refractivity contribution in [1.29, 1.82) is 0 Å². The highest BCUT2D eigenvalue weighted by molar-refractivity contribution is 7.90. The molecule has 7 heteroatoms. The minimum absolute atomic E-state index is 0.141. The van der Waals surface area contributed by atoms with Crippen molar-refractivity contribution in [3.63, 3.8) is 0 Å². The number of hydrogen-bond donors (Lipinski definition) is 1. The first-order valence-corrected chi connectivity index (χ1v) is 9.18. The van der Waals surface area contributed by atoms with Crippen molar-refractivity contribution in [3.8, 4) is 5.75 Å². The number of methoxy groups -OCH3 is 1. The summed E-state index contributed by atoms with van der Waals surface area (Å²) in [6.07, 6.45) is 2.19. The van der Waals surface area contributed by atoms with Gasteiger partial charge in [-0.25, -0.2) is 12.4 Å². The van der Waals surface area contributed by atoms with Gasteiger partial charge in [0.15, 0.2) is 0 Å². The number of halogens is 1. The van der Waals surface area contributed by atoms with Crippen molar-refractivity contribution >= 4 is 32.5 Å². The van der Waals surface area contributed by atoms with Crippen LogP contribution >= 0.6 is 11.6 Å². The van der Waals surface area contributed by atoms with E-state index >= 15 is 0 Å². The fourth-order valence-electron chi connectivity index (χ4n) is 2.67. The number of hydrogen-bond acceptors (Lipinski definition) is 4. The fraction of sp³-hybridized carbons (Fsp3) is 0.176. The van der Waals surface area contributed by atoms with E-state index in [9.17, 15) is 8.42 Å². The molecule has 2 N–H and O–H groups in total. The van der Waals surface area contributed by atoms with E-state index in [4.69, 9.17) is 22.1 Å². The topological polar surface area (TPSA) is 74.3 Å². The zero-order valence-corrected chi connectivity index (χ0v) is 14.6. The number of aromatic nitrogens is 1. The highest BCUT2D eigenvalue weighted by atomic mass is 35.5. The summed E-state index contributed by atoms with van der Waals surface area (Å²) in [6, 6.07) is 11.5. The maximum absolute atomic E-state index is 13.0. The van der Waals surface area contributed by atoms with Gasteiger partial charge in [0.25, 0.3) is 10.0 Å². The quantitative estimate of drug-likeness (QED) is 0.755. The minimum atomic E-state index is -3.75. The van der Waals surface area contributed by atoms with Crippen LogP contribution < -0.4 is 10.5 Å². The first kappa shape index (κ1) is 16.8. The Kier molecular flexibility index (Phi) is 4.54. The molecule has 0 unspecified atom stereocenters. The molecule has 0 saturated heterocycles. The molecular weight excluding hydrogens is 348 g/mol. The van der Waals surface area contributed by atoms with Gasteiger partial charge >= 0.3 is 0 Å². The number of ether oxygens (including phenoxy) is 1. The van der Waals surface area contributed by atoms with Crippen LogP contribution in [0.3, 0.4) is 0 Å². The highest BCUT2D eigenvalue weighted by Gasteiger charge is 2.21. The molecule has 0 atom stereocenters. The molecule has 0 amide bonds. The maximum Gasteiger partial charge on any atom is 0.268 e. The van der Waals surface area contributed by atoms with Gasteiger partial charge in [-0.3, -0.25) is 0 Å². The van der Waals surface area contributed by atoms with Crippen LogP contribution in [-0.4, -0.2) is 26.0 Å². The molecule has 2 aromatic carbocycles. The molecule has 126 valence electrons. The Morgan fingerprint density at radius 2 is 2.00 bits per heavy atom. The van der Waals surface area contributed by atoms with Gasteiger partial charge in [0.05, 0.1) is 17.5 Å². The molecule has 24 heavy (non-hydrogen) atoms. The fourth-order valence-corrected chi connectivity index (χ4v) is 4.36. The van der Waals surface area contributed by atoms with E-state index in [2.05, 4.69) is 0 Å². The van der Waals surface area contributed by atoms with Crippen molar-refractivity contribution < 1.29 is 13.2 Å². The van der Waals surface area contributed by atoms with Gasteiger partial charge in [-0.2, -0.15) is 0 Å². The van der Waals surface area contributed by atoms with Gasteiger partial charge in [0, 0.05) is 16.6 Å². The lowest BCUT2D eigenvalue weighted by atomic mass is 10.1. The van der Waals surface area contributed by atoms with Crippen LogP contribution in [0.1, 0.15) is 5.56 Å². The summed E-state index contributed by atoms with van der Waals surface area (Å²) < 4.78 is 32.5. The summed E-state index contributed by atoms with van der Waals surface area (Å²) in [7, 11) is -2.18. The third kappa shape index (κ3) is 2.88. The molecule has 1 aromatic heterocycles. The second-order valence-electron chi connectivity index (χ2n) is 5.33. The van der Waals surface area contributed by atoms with Gasteiger partial charge in [-0.1, -0.05) is 17.7 Å². The number of fused-ring (bicyclic) bond motifs is 1. The van der Waals surface area contributed by atoms with Crippen molar-refractivity contribution in [1.82, 2.24) is 3.97 Å². The summed E-state index contributed by atoms with van der Waals surface area (Å²) in [6.45, 7) is 0.424. The van der Waals surface area contributed by atoms with E-state index in [1.807, 2.05) is 6.07 Å². The van der Waals surface area contributed by atoms with E-state index < -0.39 is 10.0 Å². The van der Waals surface area contributed by atoms with Gasteiger partial charge in [-0.15, -0.1) is 0 Å². The standard InChI is InChI=1S/C17H17ClN2O3S/c1-23-14-5-6-17-16(10-14)12(7-8-19)11-20(17)24(21,22)15-4-2-3-13(18)9-15/h2-6,9-11H,7-8,19H2,1H3. The van der Waals surface area contributed by atoms with E-state index in [1.54, 1.807) is 37.6 Å². The molecule has 0 spiro atoms. The third-order valence-electron chi connectivity index (χ3n) is 3.83. The molecule has 0 saturated carbocycles. The predicted octanol–water partition coefficient (Wildman–Crippen LogP) is 3.04. The van der Waals surface area contributed by atoms with Crippen molar-refractivity contribution in [2.45, 2.75) is 11.3 Å². The average Bonchev–Trinajstić information content (AvgIpc) is 2.94. The Bertz CT molecular complexity index is 996. The van der Waals surface area contributed by atoms with E-state index in [-0.39, 0.29) is 4.90 Å². The van der Waals surface area contributed by atoms with Crippen LogP contribution in [0.5, 0.6) is 5.75 Å². The number of nitrogens with two attached hydrogens (primary N) is 1.